The van der Waals surface area contributed by atoms with Crippen molar-refractivity contribution in [1.29, 1.82) is 0 Å². The van der Waals surface area contributed by atoms with Crippen molar-refractivity contribution >= 4 is 50.3 Å². The number of ether oxygens (including phenoxy) is 6. The minimum atomic E-state index is -3.05. The summed E-state index contributed by atoms with van der Waals surface area (Å²) in [5, 5.41) is 17.8. The minimum Gasteiger partial charge on any atom is -0.481 e. The molecule has 21 nitrogen and oxygen atoms in total. The molecule has 678 valence electrons. The van der Waals surface area contributed by atoms with Crippen LogP contribution in [0.4, 0.5) is 0 Å². The van der Waals surface area contributed by atoms with Crippen LogP contribution in [-0.2, 0) is 87.4 Å². The number of carbonyl (C=O) groups excluding carboxylic acids is 2. The fraction of sp³-hybridized carbons (Fsp3) is 0.956. The second-order valence-corrected chi connectivity index (χ2v) is 43.2. The summed E-state index contributed by atoms with van der Waals surface area (Å²) in [5.41, 5.74) is 0. The van der Waals surface area contributed by atoms with Gasteiger partial charge in [-0.2, -0.15) is 0 Å². The molecule has 0 amide bonds. The molecule has 3 aliphatic heterocycles. The molecule has 11 unspecified atom stereocenters. The molecule has 0 aromatic heterocycles. The molecule has 5 rings (SSSR count). The van der Waals surface area contributed by atoms with Gasteiger partial charge >= 0.3 is 38.4 Å². The van der Waals surface area contributed by atoms with Crippen molar-refractivity contribution in [3.05, 3.63) is 0 Å². The lowest BCUT2D eigenvalue weighted by Crippen LogP contribution is -2.45. The van der Waals surface area contributed by atoms with Gasteiger partial charge in [0.25, 0.3) is 11.9 Å². The zero-order valence-electron chi connectivity index (χ0n) is 75.5. The van der Waals surface area contributed by atoms with Crippen LogP contribution in [0.25, 0.3) is 0 Å². The zero-order valence-corrected chi connectivity index (χ0v) is 78.5. The Morgan fingerprint density at radius 1 is 0.287 bits per heavy atom. The summed E-state index contributed by atoms with van der Waals surface area (Å²) in [6.45, 7) is 15.4. The van der Waals surface area contributed by atoms with Gasteiger partial charge < -0.3 is 78.5 Å². The Bertz CT molecular complexity index is 2300. The summed E-state index contributed by atoms with van der Waals surface area (Å²) < 4.78 is 82.4. The Morgan fingerprint density at radius 2 is 0.504 bits per heavy atom. The summed E-state index contributed by atoms with van der Waals surface area (Å²) in [7, 11) is 2.70. The van der Waals surface area contributed by atoms with Gasteiger partial charge in [-0.3, -0.25) is 19.2 Å². The topological polar surface area (TPSA) is 257 Å². The summed E-state index contributed by atoms with van der Waals surface area (Å²) >= 11 is 0. The number of unbranched alkanes of at least 4 members (excludes halogenated alkanes) is 26. The predicted octanol–water partition coefficient (Wildman–Crippen LogP) is 22.5. The molecule has 0 aromatic rings. The second-order valence-electron chi connectivity index (χ2n) is 34.4. The van der Waals surface area contributed by atoms with E-state index in [0.717, 1.165) is 157 Å². The molecule has 0 bridgehead atoms. The Labute approximate surface area is 705 Å². The molecule has 2 aliphatic carbocycles. The molecule has 5 aliphatic rings. The van der Waals surface area contributed by atoms with E-state index in [0.29, 0.717) is 83.5 Å². The second kappa shape index (κ2) is 69.4. The molecule has 0 spiro atoms. The summed E-state index contributed by atoms with van der Waals surface area (Å²) in [6.07, 6.45) is 62.7. The van der Waals surface area contributed by atoms with Gasteiger partial charge in [-0.15, -0.1) is 0 Å². The van der Waals surface area contributed by atoms with Crippen molar-refractivity contribution in [3.8, 4) is 0 Å². The molecule has 3 saturated heterocycles. The van der Waals surface area contributed by atoms with E-state index in [1.807, 2.05) is 0 Å². The number of aliphatic carboxylic acids is 2. The molecule has 115 heavy (non-hydrogen) atoms. The van der Waals surface area contributed by atoms with Crippen molar-refractivity contribution < 1.29 is 97.6 Å². The first-order valence-corrected chi connectivity index (χ1v) is 53.1. The molecule has 2 saturated carbocycles. The van der Waals surface area contributed by atoms with Crippen LogP contribution in [-0.4, -0.2) is 188 Å². The van der Waals surface area contributed by atoms with Gasteiger partial charge in [0.15, 0.2) is 0 Å². The summed E-state index contributed by atoms with van der Waals surface area (Å²) in [5.74, 6) is 5.12. The van der Waals surface area contributed by atoms with Gasteiger partial charge in [0.05, 0.1) is 39.6 Å². The molecule has 24 heteroatoms. The third-order valence-electron chi connectivity index (χ3n) is 25.4. The largest absolute Gasteiger partial charge is 0.567 e. The van der Waals surface area contributed by atoms with E-state index in [4.69, 9.17) is 78.5 Å². The SMILES string of the molecule is CCCCCCCC1C(CCCCC)CCC(CCCCCCC(=O)O)C1CCCCCCCC(=O)O.CCCCCCCC1C(CCCCC)CCC(CCCCCCC(=O)O[Si](CCCOCC2CO2)(OC)OC)C1CCCCCCCC(=O)O[Si](CCCOCC1CO1)(OC)OC.CO[Si](CCCOCC1CO1)(OC)OC. The predicted molar refractivity (Wildman–Crippen MR) is 465 cm³/mol. The molecule has 2 N–H and O–H groups in total. The maximum absolute atomic E-state index is 12.9. The van der Waals surface area contributed by atoms with E-state index >= 15 is 0 Å². The number of carboxylic acids is 2. The Kier molecular flexibility index (Phi) is 64.7. The van der Waals surface area contributed by atoms with Crippen molar-refractivity contribution in [2.24, 2.45) is 47.3 Å². The van der Waals surface area contributed by atoms with Crippen LogP contribution in [0.5, 0.6) is 0 Å². The highest BCUT2D eigenvalue weighted by Gasteiger charge is 2.45. The average molecular weight is 1690 g/mol. The van der Waals surface area contributed by atoms with Crippen molar-refractivity contribution in [2.75, 3.05) is 109 Å². The van der Waals surface area contributed by atoms with Crippen LogP contribution >= 0.6 is 0 Å². The summed E-state index contributed by atoms with van der Waals surface area (Å²) in [4.78, 5) is 47.4. The lowest BCUT2D eigenvalue weighted by atomic mass is 9.61. The number of hydrogen-bond acceptors (Lipinski definition) is 19. The van der Waals surface area contributed by atoms with E-state index in [1.54, 1.807) is 49.8 Å². The Hall–Kier alpha value is -1.99. The van der Waals surface area contributed by atoms with E-state index in [1.165, 1.54) is 231 Å². The molecular formula is C91H176O21Si3. The molecule has 11 atom stereocenters. The van der Waals surface area contributed by atoms with Gasteiger partial charge in [-0.05, 0) is 144 Å². The highest BCUT2D eigenvalue weighted by atomic mass is 28.4. The van der Waals surface area contributed by atoms with E-state index in [9.17, 15) is 19.2 Å². The van der Waals surface area contributed by atoms with Gasteiger partial charge in [0.2, 0.25) is 0 Å². The molecule has 0 aromatic carbocycles. The van der Waals surface area contributed by atoms with E-state index < -0.39 is 38.4 Å². The molecule has 5 fully saturated rings. The first kappa shape index (κ1) is 107. The molecule has 0 radical (unpaired) electrons. The maximum Gasteiger partial charge on any atom is 0.567 e. The minimum absolute atomic E-state index is 0.214. The van der Waals surface area contributed by atoms with Gasteiger partial charge in [0.1, 0.15) is 18.3 Å². The first-order chi connectivity index (χ1) is 56.0. The van der Waals surface area contributed by atoms with Crippen LogP contribution in [0.1, 0.15) is 368 Å². The smallest absolute Gasteiger partial charge is 0.481 e. The van der Waals surface area contributed by atoms with Crippen LogP contribution in [0, 0.1) is 47.3 Å². The van der Waals surface area contributed by atoms with Crippen molar-refractivity contribution in [1.82, 2.24) is 0 Å². The number of carbonyl (C=O) groups is 4. The zero-order chi connectivity index (χ0) is 83.7. The molecular weight excluding hydrogens is 1510 g/mol. The fourth-order valence-corrected chi connectivity index (χ4v) is 23.6. The maximum atomic E-state index is 12.9. The number of rotatable bonds is 77. The quantitative estimate of drug-likeness (QED) is 0.0326. The summed E-state index contributed by atoms with van der Waals surface area (Å²) in [6, 6.07) is 1.88. The number of hydrogen-bond donors (Lipinski definition) is 2. The van der Waals surface area contributed by atoms with E-state index in [-0.39, 0.29) is 24.1 Å². The van der Waals surface area contributed by atoms with E-state index in [2.05, 4.69) is 27.7 Å². The van der Waals surface area contributed by atoms with Crippen LogP contribution in [0.15, 0.2) is 0 Å². The lowest BCUT2D eigenvalue weighted by molar-refractivity contribution is -0.140. The third-order valence-corrected chi connectivity index (χ3v) is 33.7. The van der Waals surface area contributed by atoms with Gasteiger partial charge in [0, 0.05) is 113 Å². The van der Waals surface area contributed by atoms with Crippen LogP contribution < -0.4 is 0 Å². The van der Waals surface area contributed by atoms with Crippen LogP contribution in [0.2, 0.25) is 18.1 Å². The van der Waals surface area contributed by atoms with Gasteiger partial charge in [-0.1, -0.05) is 246 Å². The monoisotopic (exact) mass is 1690 g/mol. The third kappa shape index (κ3) is 52.3. The average Bonchev–Trinajstić information content (AvgIpc) is 1.74. The Balaban J connectivity index is 0.000000548. The highest BCUT2D eigenvalue weighted by Crippen LogP contribution is 2.50. The fourth-order valence-electron chi connectivity index (χ4n) is 18.2. The van der Waals surface area contributed by atoms with Crippen LogP contribution in [0.3, 0.4) is 0 Å². The molecule has 3 heterocycles. The normalized spacial score (nSPS) is 21.9. The standard InChI is InChI=1S/C49H94O12Si2.C33H62O4.C9H20O5Si/c1-7-9-11-13-20-28-46-42(26-18-10-8-2)32-33-43(27-19-16-17-23-31-49(51)61-63(54-5,55-6)37-25-35-57-39-45-41-59-45)47(46)29-21-14-12-15-22-30-48(50)60-62(52-3,53-4)36-24-34-56-38-44-40-58-44;1-3-5-7-9-16-22-30-28(20-14-6-4-2)26-27-29(21-15-12-13-19-25-33(36)37)31(30)23-17-10-8-11-18-24-32(34)35;1-10-15(11-2,12-3)6-4-5-13-7-9-8-14-9/h42-47H,7-41H2,1-6H3;28-31H,3-27H2,1-2H3,(H,34,35)(H,36,37);9H,4-8H2,1-3H3. The van der Waals surface area contributed by atoms with Crippen molar-refractivity contribution in [3.63, 3.8) is 0 Å². The van der Waals surface area contributed by atoms with Gasteiger partial charge in [-0.25, -0.2) is 0 Å². The number of carboxylic acid groups (broad SMARTS) is 2. The first-order valence-electron chi connectivity index (χ1n) is 47.3. The van der Waals surface area contributed by atoms with Crippen molar-refractivity contribution in [2.45, 2.75) is 404 Å². The lowest BCUT2D eigenvalue weighted by Gasteiger charge is -2.44. The highest BCUT2D eigenvalue weighted by molar-refractivity contribution is 6.62. The Morgan fingerprint density at radius 3 is 0.757 bits per heavy atom. The number of epoxide rings is 3.